The zero-order chi connectivity index (χ0) is 29.0. The molecule has 2 aliphatic heterocycles. The lowest BCUT2D eigenvalue weighted by Crippen LogP contribution is -2.53. The fourth-order valence-corrected chi connectivity index (χ4v) is 9.93. The summed E-state index contributed by atoms with van der Waals surface area (Å²) in [7, 11) is -4.11. The summed E-state index contributed by atoms with van der Waals surface area (Å²) < 4.78 is 26.2. The number of non-ortho nitro benzene ring substituents is 1. The molecule has 41 heavy (non-hydrogen) atoms. The molecule has 0 aliphatic carbocycles. The van der Waals surface area contributed by atoms with Gasteiger partial charge in [-0.3, -0.25) is 25.1 Å². The number of nitrogens with one attached hydrogen (secondary N) is 4. The van der Waals surface area contributed by atoms with Crippen LogP contribution < -0.4 is 20.9 Å². The predicted octanol–water partition coefficient (Wildman–Crippen LogP) is 4.04. The summed E-state index contributed by atoms with van der Waals surface area (Å²) >= 11 is 5.91. The number of rotatable bonds is 10. The molecular weight excluding hydrogens is 627 g/mol. The molecule has 2 aliphatic rings. The number of sulfonamides is 1. The normalized spacial score (nSPS) is 18.6. The highest BCUT2D eigenvalue weighted by Gasteiger charge is 2.42. The minimum Gasteiger partial charge on any atom is -0.365 e. The van der Waals surface area contributed by atoms with Gasteiger partial charge in [0.15, 0.2) is 4.87 Å². The van der Waals surface area contributed by atoms with E-state index in [1.54, 1.807) is 11.6 Å². The van der Waals surface area contributed by atoms with Gasteiger partial charge in [-0.15, -0.1) is 39.7 Å². The summed E-state index contributed by atoms with van der Waals surface area (Å²) in [6, 6.07) is 16.0. The SMILES string of the molecule is O=C(NCc1ccc(S(=O)(=O)NNC(=O)C2(c3ccc(C4SCCS4)cc3)NC=CS2)s1)c1cccc([N+](=O)[O-])c1. The number of nitrogens with zero attached hydrogens (tertiary/aromatic N) is 1. The van der Waals surface area contributed by atoms with Gasteiger partial charge in [0.2, 0.25) is 0 Å². The first kappa shape index (κ1) is 29.5. The van der Waals surface area contributed by atoms with Gasteiger partial charge in [0.05, 0.1) is 16.1 Å². The van der Waals surface area contributed by atoms with Crippen LogP contribution in [0.15, 0.2) is 76.5 Å². The monoisotopic (exact) mass is 649 g/mol. The van der Waals surface area contributed by atoms with E-state index in [9.17, 15) is 28.1 Å². The molecule has 214 valence electrons. The fourth-order valence-electron chi connectivity index (χ4n) is 4.03. The summed E-state index contributed by atoms with van der Waals surface area (Å²) in [6.45, 7) is 0.0112. The Hall–Kier alpha value is -3.02. The second kappa shape index (κ2) is 12.5. The number of nitro groups is 1. The van der Waals surface area contributed by atoms with E-state index in [0.717, 1.165) is 28.9 Å². The van der Waals surface area contributed by atoms with Crippen LogP contribution in [-0.2, 0) is 26.2 Å². The van der Waals surface area contributed by atoms with Crippen LogP contribution in [-0.4, -0.2) is 36.7 Å². The van der Waals surface area contributed by atoms with Crippen molar-refractivity contribution in [3.63, 3.8) is 0 Å². The Kier molecular flexibility index (Phi) is 8.96. The minimum absolute atomic E-state index is 0.0112. The van der Waals surface area contributed by atoms with Crippen molar-refractivity contribution < 1.29 is 22.9 Å². The van der Waals surface area contributed by atoms with Crippen molar-refractivity contribution in [3.8, 4) is 0 Å². The van der Waals surface area contributed by atoms with E-state index in [2.05, 4.69) is 20.9 Å². The third kappa shape index (κ3) is 6.57. The maximum atomic E-state index is 13.3. The summed E-state index contributed by atoms with van der Waals surface area (Å²) in [6.07, 6.45) is 1.64. The highest BCUT2D eigenvalue weighted by atomic mass is 32.2. The average Bonchev–Trinajstić information content (AvgIpc) is 3.78. The van der Waals surface area contributed by atoms with E-state index in [1.807, 2.05) is 47.8 Å². The number of hydrogen-bond acceptors (Lipinski definition) is 11. The average molecular weight is 650 g/mol. The standard InChI is InChI=1S/C25H23N5O6S5/c31-22(17-2-1-3-19(14-17)30(33)34)26-15-20-8-9-21(40-20)41(35,36)29-28-24(32)25(27-10-11-39-25)18-6-4-16(5-7-18)23-37-12-13-38-23/h1-11,14,23,27,29H,12-13,15H2,(H,26,31)(H,28,32). The van der Waals surface area contributed by atoms with Gasteiger partial charge < -0.3 is 10.6 Å². The Morgan fingerprint density at radius 3 is 2.51 bits per heavy atom. The first-order valence-corrected chi connectivity index (χ1v) is 17.3. The second-order valence-corrected chi connectivity index (χ2v) is 15.6. The number of nitro benzene ring substituents is 1. The lowest BCUT2D eigenvalue weighted by atomic mass is 10.0. The van der Waals surface area contributed by atoms with Crippen LogP contribution in [0.3, 0.4) is 0 Å². The van der Waals surface area contributed by atoms with Crippen molar-refractivity contribution in [2.75, 3.05) is 11.5 Å². The number of hydrogen-bond donors (Lipinski definition) is 4. The Balaban J connectivity index is 1.20. The largest absolute Gasteiger partial charge is 0.365 e. The Bertz CT molecular complexity index is 1590. The van der Waals surface area contributed by atoms with Crippen molar-refractivity contribution in [1.82, 2.24) is 20.9 Å². The van der Waals surface area contributed by atoms with Crippen LogP contribution in [0.25, 0.3) is 0 Å². The summed E-state index contributed by atoms with van der Waals surface area (Å²) in [5.74, 6) is 1.08. The zero-order valence-electron chi connectivity index (χ0n) is 21.1. The molecule has 16 heteroatoms. The molecule has 11 nitrogen and oxygen atoms in total. The molecule has 4 N–H and O–H groups in total. The topological polar surface area (TPSA) is 160 Å². The second-order valence-electron chi connectivity index (χ2n) is 8.71. The highest BCUT2D eigenvalue weighted by molar-refractivity contribution is 8.19. The molecule has 2 amide bonds. The fraction of sp³-hybridized carbons (Fsp3) is 0.200. The first-order chi connectivity index (χ1) is 19.7. The van der Waals surface area contributed by atoms with Crippen LogP contribution in [0.5, 0.6) is 0 Å². The smallest absolute Gasteiger partial charge is 0.276 e. The van der Waals surface area contributed by atoms with Crippen LogP contribution in [0, 0.1) is 10.1 Å². The number of thioether (sulfide) groups is 3. The molecule has 1 saturated heterocycles. The molecule has 0 radical (unpaired) electrons. The molecule has 0 saturated carbocycles. The molecule has 0 spiro atoms. The maximum Gasteiger partial charge on any atom is 0.276 e. The van der Waals surface area contributed by atoms with Crippen LogP contribution in [0.2, 0.25) is 0 Å². The Morgan fingerprint density at radius 1 is 1.07 bits per heavy atom. The number of benzene rings is 2. The zero-order valence-corrected chi connectivity index (χ0v) is 25.1. The number of hydrazine groups is 1. The molecule has 1 aromatic heterocycles. The first-order valence-electron chi connectivity index (χ1n) is 12.1. The van der Waals surface area contributed by atoms with Crippen LogP contribution >= 0.6 is 46.6 Å². The molecule has 1 fully saturated rings. The van der Waals surface area contributed by atoms with Gasteiger partial charge in [0.25, 0.3) is 27.5 Å². The predicted molar refractivity (Wildman–Crippen MR) is 163 cm³/mol. The Morgan fingerprint density at radius 2 is 1.83 bits per heavy atom. The maximum absolute atomic E-state index is 13.3. The van der Waals surface area contributed by atoms with Gasteiger partial charge in [-0.2, -0.15) is 0 Å². The van der Waals surface area contributed by atoms with Gasteiger partial charge in [-0.1, -0.05) is 42.1 Å². The molecular formula is C25H23N5O6S5. The van der Waals surface area contributed by atoms with E-state index in [-0.39, 0.29) is 22.0 Å². The van der Waals surface area contributed by atoms with Crippen molar-refractivity contribution >= 4 is 74.1 Å². The van der Waals surface area contributed by atoms with E-state index < -0.39 is 31.6 Å². The third-order valence-corrected chi connectivity index (χ3v) is 13.2. The molecule has 5 rings (SSSR count). The van der Waals surface area contributed by atoms with Gasteiger partial charge in [0.1, 0.15) is 4.21 Å². The number of amides is 2. The highest BCUT2D eigenvalue weighted by Crippen LogP contribution is 2.46. The van der Waals surface area contributed by atoms with Crippen molar-refractivity contribution in [2.45, 2.75) is 20.2 Å². The molecule has 2 aromatic carbocycles. The molecule has 0 bridgehead atoms. The third-order valence-electron chi connectivity index (χ3n) is 6.07. The molecule has 1 unspecified atom stereocenters. The molecule has 3 heterocycles. The van der Waals surface area contributed by atoms with Gasteiger partial charge in [-0.05, 0) is 34.7 Å². The van der Waals surface area contributed by atoms with E-state index in [0.29, 0.717) is 15.0 Å². The van der Waals surface area contributed by atoms with E-state index in [1.165, 1.54) is 47.7 Å². The molecule has 1 atom stereocenters. The van der Waals surface area contributed by atoms with Gasteiger partial charge in [0, 0.05) is 40.3 Å². The van der Waals surface area contributed by atoms with Crippen molar-refractivity contribution in [2.24, 2.45) is 0 Å². The van der Waals surface area contributed by atoms with E-state index >= 15 is 0 Å². The Labute approximate surface area is 252 Å². The lowest BCUT2D eigenvalue weighted by Gasteiger charge is -2.28. The van der Waals surface area contributed by atoms with Crippen LogP contribution in [0.4, 0.5) is 5.69 Å². The van der Waals surface area contributed by atoms with Crippen molar-refractivity contribution in [3.05, 3.63) is 104 Å². The lowest BCUT2D eigenvalue weighted by molar-refractivity contribution is -0.384. The summed E-state index contributed by atoms with van der Waals surface area (Å²) in [5.41, 5.74) is 4.09. The van der Waals surface area contributed by atoms with Crippen molar-refractivity contribution in [1.29, 1.82) is 0 Å². The summed E-state index contributed by atoms with van der Waals surface area (Å²) in [5, 5.41) is 18.4. The number of carbonyl (C=O) groups is 2. The number of carbonyl (C=O) groups excluding carboxylic acids is 2. The number of thiophene rings is 1. The quantitative estimate of drug-likeness (QED) is 0.187. The van der Waals surface area contributed by atoms with E-state index in [4.69, 9.17) is 0 Å². The van der Waals surface area contributed by atoms with Gasteiger partial charge >= 0.3 is 0 Å². The van der Waals surface area contributed by atoms with Gasteiger partial charge in [-0.25, -0.2) is 8.42 Å². The molecule has 3 aromatic rings. The summed E-state index contributed by atoms with van der Waals surface area (Å²) in [4.78, 5) is 37.5. The minimum atomic E-state index is -4.11. The van der Waals surface area contributed by atoms with Crippen LogP contribution in [0.1, 0.15) is 30.9 Å².